The summed E-state index contributed by atoms with van der Waals surface area (Å²) in [5.41, 5.74) is 1.43. The van der Waals surface area contributed by atoms with E-state index in [9.17, 15) is 14.7 Å². The molecule has 1 aliphatic rings. The Labute approximate surface area is 138 Å². The van der Waals surface area contributed by atoms with Crippen molar-refractivity contribution < 1.29 is 14.7 Å². The van der Waals surface area contributed by atoms with Gasteiger partial charge in [0, 0.05) is 29.7 Å². The van der Waals surface area contributed by atoms with Crippen molar-refractivity contribution in [1.82, 2.24) is 9.78 Å². The van der Waals surface area contributed by atoms with Gasteiger partial charge >= 0.3 is 5.97 Å². The number of hydrogen-bond donors (Lipinski definition) is 1. The molecule has 0 unspecified atom stereocenters. The van der Waals surface area contributed by atoms with Crippen molar-refractivity contribution >= 4 is 29.2 Å². The maximum atomic E-state index is 13.0. The number of hydrogen-bond acceptors (Lipinski definition) is 3. The number of carbonyl (C=O) groups is 2. The van der Waals surface area contributed by atoms with E-state index in [2.05, 4.69) is 5.10 Å². The fourth-order valence-electron chi connectivity index (χ4n) is 3.02. The number of carbonyl (C=O) groups excluding carboxylic acids is 1. The molecule has 0 saturated heterocycles. The number of rotatable bonds is 2. The first-order chi connectivity index (χ1) is 10.7. The molecule has 0 aliphatic carbocycles. The fraction of sp³-hybridized carbons (Fsp3) is 0.312. The van der Waals surface area contributed by atoms with Gasteiger partial charge in [-0.25, -0.2) is 4.79 Å². The van der Waals surface area contributed by atoms with Crippen LogP contribution in [0.3, 0.4) is 0 Å². The minimum Gasteiger partial charge on any atom is -0.478 e. The van der Waals surface area contributed by atoms with Crippen molar-refractivity contribution in [2.45, 2.75) is 19.3 Å². The molecule has 7 heteroatoms. The van der Waals surface area contributed by atoms with Crippen LogP contribution in [0, 0.1) is 0 Å². The summed E-state index contributed by atoms with van der Waals surface area (Å²) in [5.74, 6) is -1.57. The zero-order valence-corrected chi connectivity index (χ0v) is 13.8. The molecule has 1 amide bonds. The fourth-order valence-corrected chi connectivity index (χ4v) is 3.19. The van der Waals surface area contributed by atoms with Gasteiger partial charge in [-0.15, -0.1) is 0 Å². The molecule has 6 nitrogen and oxygen atoms in total. The molecule has 0 spiro atoms. The molecule has 0 atom stereocenters. The number of aromatic nitrogens is 2. The molecule has 120 valence electrons. The van der Waals surface area contributed by atoms with Crippen LogP contribution < -0.4 is 4.90 Å². The molecule has 1 aromatic heterocycles. The monoisotopic (exact) mass is 333 g/mol. The summed E-state index contributed by atoms with van der Waals surface area (Å²) in [6.07, 6.45) is 1.19. The SMILES string of the molecule is Cn1ncc(C(=O)O)c1C(=O)N1CC(C)(C)c2ccc(Cl)cc21. The summed E-state index contributed by atoms with van der Waals surface area (Å²) in [6.45, 7) is 4.52. The molecule has 0 radical (unpaired) electrons. The summed E-state index contributed by atoms with van der Waals surface area (Å²) in [6, 6.07) is 5.44. The van der Waals surface area contributed by atoms with Gasteiger partial charge in [0.25, 0.3) is 5.91 Å². The minimum atomic E-state index is -1.17. The molecule has 2 aromatic rings. The summed E-state index contributed by atoms with van der Waals surface area (Å²) >= 11 is 6.07. The lowest BCUT2D eigenvalue weighted by Crippen LogP contribution is -2.35. The van der Waals surface area contributed by atoms with Crippen molar-refractivity contribution in [2.75, 3.05) is 11.4 Å². The van der Waals surface area contributed by atoms with E-state index in [1.165, 1.54) is 10.9 Å². The Bertz CT molecular complexity index is 826. The zero-order valence-electron chi connectivity index (χ0n) is 13.0. The number of fused-ring (bicyclic) bond motifs is 1. The largest absolute Gasteiger partial charge is 0.478 e. The third-order valence-electron chi connectivity index (χ3n) is 4.15. The summed E-state index contributed by atoms with van der Waals surface area (Å²) in [4.78, 5) is 25.9. The van der Waals surface area contributed by atoms with Crippen molar-refractivity contribution in [3.05, 3.63) is 46.2 Å². The lowest BCUT2D eigenvalue weighted by atomic mass is 9.87. The van der Waals surface area contributed by atoms with Gasteiger partial charge < -0.3 is 10.0 Å². The second-order valence-corrected chi connectivity index (χ2v) is 6.71. The number of aryl methyl sites for hydroxylation is 1. The smallest absolute Gasteiger partial charge is 0.339 e. The quantitative estimate of drug-likeness (QED) is 0.916. The first-order valence-electron chi connectivity index (χ1n) is 7.09. The molecule has 23 heavy (non-hydrogen) atoms. The highest BCUT2D eigenvalue weighted by molar-refractivity contribution is 6.31. The van der Waals surface area contributed by atoms with Crippen LogP contribution in [0.5, 0.6) is 0 Å². The molecule has 0 saturated carbocycles. The summed E-state index contributed by atoms with van der Waals surface area (Å²) < 4.78 is 1.29. The zero-order chi connectivity index (χ0) is 16.9. The molecule has 1 aliphatic heterocycles. The van der Waals surface area contributed by atoms with Crippen LogP contribution in [0.1, 0.15) is 40.3 Å². The van der Waals surface area contributed by atoms with Crippen molar-refractivity contribution in [2.24, 2.45) is 7.05 Å². The van der Waals surface area contributed by atoms with Gasteiger partial charge in [0.05, 0.1) is 6.20 Å². The van der Waals surface area contributed by atoms with Gasteiger partial charge in [-0.3, -0.25) is 9.48 Å². The average Bonchev–Trinajstić information content (AvgIpc) is 2.96. The predicted octanol–water partition coefficient (Wildman–Crippen LogP) is 2.71. The van der Waals surface area contributed by atoms with Crippen LogP contribution in [0.2, 0.25) is 5.02 Å². The van der Waals surface area contributed by atoms with Crippen LogP contribution >= 0.6 is 11.6 Å². The molecular formula is C16H16ClN3O3. The van der Waals surface area contributed by atoms with Gasteiger partial charge in [-0.05, 0) is 17.7 Å². The molecule has 0 bridgehead atoms. The first-order valence-corrected chi connectivity index (χ1v) is 7.47. The van der Waals surface area contributed by atoms with Crippen LogP contribution in [-0.4, -0.2) is 33.3 Å². The Hall–Kier alpha value is -2.34. The molecule has 3 rings (SSSR count). The van der Waals surface area contributed by atoms with Crippen LogP contribution in [0.25, 0.3) is 0 Å². The van der Waals surface area contributed by atoms with Gasteiger partial charge in [-0.2, -0.15) is 5.10 Å². The number of anilines is 1. The normalized spacial score (nSPS) is 15.6. The number of halogens is 1. The number of aromatic carboxylic acids is 1. The number of carboxylic acid groups (broad SMARTS) is 1. The van der Waals surface area contributed by atoms with E-state index >= 15 is 0 Å². The standard InChI is InChI=1S/C16H16ClN3O3/c1-16(2)8-20(12-6-9(17)4-5-11(12)16)14(21)13-10(15(22)23)7-18-19(13)3/h4-7H,8H2,1-3H3,(H,22,23). The lowest BCUT2D eigenvalue weighted by molar-refractivity contribution is 0.0691. The second-order valence-electron chi connectivity index (χ2n) is 6.27. The molecular weight excluding hydrogens is 318 g/mol. The van der Waals surface area contributed by atoms with Gasteiger partial charge in [0.2, 0.25) is 0 Å². The van der Waals surface area contributed by atoms with Gasteiger partial charge in [-0.1, -0.05) is 31.5 Å². The van der Waals surface area contributed by atoms with Crippen LogP contribution in [0.15, 0.2) is 24.4 Å². The molecule has 1 N–H and O–H groups in total. The van der Waals surface area contributed by atoms with Crippen LogP contribution in [-0.2, 0) is 12.5 Å². The van der Waals surface area contributed by atoms with E-state index in [0.29, 0.717) is 17.3 Å². The first kappa shape index (κ1) is 15.6. The lowest BCUT2D eigenvalue weighted by Gasteiger charge is -2.21. The Morgan fingerprint density at radius 3 is 2.70 bits per heavy atom. The van der Waals surface area contributed by atoms with Crippen molar-refractivity contribution in [1.29, 1.82) is 0 Å². The summed E-state index contributed by atoms with van der Waals surface area (Å²) in [5, 5.41) is 13.7. The maximum Gasteiger partial charge on any atom is 0.339 e. The van der Waals surface area contributed by atoms with Gasteiger partial charge in [0.1, 0.15) is 11.3 Å². The second kappa shape index (κ2) is 5.09. The van der Waals surface area contributed by atoms with Gasteiger partial charge in [0.15, 0.2) is 0 Å². The predicted molar refractivity (Wildman–Crippen MR) is 86.3 cm³/mol. The Morgan fingerprint density at radius 2 is 2.04 bits per heavy atom. The van der Waals surface area contributed by atoms with E-state index in [0.717, 1.165) is 5.56 Å². The highest BCUT2D eigenvalue weighted by atomic mass is 35.5. The Kier molecular flexibility index (Phi) is 3.44. The maximum absolute atomic E-state index is 13.0. The average molecular weight is 334 g/mol. The van der Waals surface area contributed by atoms with E-state index < -0.39 is 11.9 Å². The third-order valence-corrected chi connectivity index (χ3v) is 4.39. The highest BCUT2D eigenvalue weighted by Gasteiger charge is 2.40. The molecule has 0 fully saturated rings. The third kappa shape index (κ3) is 2.39. The van der Waals surface area contributed by atoms with Crippen molar-refractivity contribution in [3.8, 4) is 0 Å². The van der Waals surface area contributed by atoms with E-state index in [4.69, 9.17) is 11.6 Å². The highest BCUT2D eigenvalue weighted by Crippen LogP contribution is 2.42. The van der Waals surface area contributed by atoms with Crippen molar-refractivity contribution in [3.63, 3.8) is 0 Å². The number of amides is 1. The minimum absolute atomic E-state index is 0.0566. The Balaban J connectivity index is 2.11. The Morgan fingerprint density at radius 1 is 1.35 bits per heavy atom. The number of nitrogens with zero attached hydrogens (tertiary/aromatic N) is 3. The number of carboxylic acids is 1. The molecule has 2 heterocycles. The molecule has 1 aromatic carbocycles. The number of benzene rings is 1. The topological polar surface area (TPSA) is 75.4 Å². The van der Waals surface area contributed by atoms with E-state index in [1.54, 1.807) is 24.1 Å². The van der Waals surface area contributed by atoms with E-state index in [-0.39, 0.29) is 16.7 Å². The van der Waals surface area contributed by atoms with Crippen LogP contribution in [0.4, 0.5) is 5.69 Å². The van der Waals surface area contributed by atoms with E-state index in [1.807, 2.05) is 19.9 Å². The summed E-state index contributed by atoms with van der Waals surface area (Å²) in [7, 11) is 1.56.